The minimum Gasteiger partial charge on any atom is -0.377 e. The van der Waals surface area contributed by atoms with E-state index in [0.717, 1.165) is 22.1 Å². The van der Waals surface area contributed by atoms with Gasteiger partial charge in [0.15, 0.2) is 0 Å². The van der Waals surface area contributed by atoms with E-state index in [1.165, 1.54) is 5.56 Å². The lowest BCUT2D eigenvalue weighted by Crippen LogP contribution is -2.09. The normalized spacial score (nSPS) is 12.3. The Morgan fingerprint density at radius 3 is 2.81 bits per heavy atom. The molecule has 0 radical (unpaired) electrons. The third kappa shape index (κ3) is 2.92. The van der Waals surface area contributed by atoms with Crippen molar-refractivity contribution in [1.29, 1.82) is 0 Å². The summed E-state index contributed by atoms with van der Waals surface area (Å²) in [7, 11) is 0. The number of aromatic nitrogens is 5. The van der Waals surface area contributed by atoms with Crippen molar-refractivity contribution >= 4 is 17.0 Å². The average molecular weight is 300 g/mol. The van der Waals surface area contributed by atoms with Gasteiger partial charge in [0.25, 0.3) is 0 Å². The van der Waals surface area contributed by atoms with Crippen LogP contribution in [0.1, 0.15) is 29.2 Å². The Kier molecular flexibility index (Phi) is 3.66. The van der Waals surface area contributed by atoms with Gasteiger partial charge in [0, 0.05) is 11.1 Å². The predicted octanol–water partition coefficient (Wildman–Crippen LogP) is 2.91. The van der Waals surface area contributed by atoms with E-state index in [9.17, 15) is 0 Å². The van der Waals surface area contributed by atoms with Gasteiger partial charge in [-0.3, -0.25) is 0 Å². The molecule has 2 aromatic heterocycles. The first kappa shape index (κ1) is 13.7. The van der Waals surface area contributed by atoms with Crippen molar-refractivity contribution in [3.8, 4) is 5.69 Å². The number of thiazole rings is 1. The summed E-state index contributed by atoms with van der Waals surface area (Å²) in [5.41, 5.74) is 4.21. The molecule has 1 unspecified atom stereocenters. The molecule has 0 fully saturated rings. The topological polar surface area (TPSA) is 68.5 Å². The van der Waals surface area contributed by atoms with Crippen molar-refractivity contribution in [1.82, 2.24) is 25.2 Å². The molecule has 6 nitrogen and oxygen atoms in total. The summed E-state index contributed by atoms with van der Waals surface area (Å²) >= 11 is 1.67. The molecule has 108 valence electrons. The Balaban J connectivity index is 1.86. The molecule has 0 aliphatic carbocycles. The Labute approximate surface area is 126 Å². The molecule has 0 saturated carbocycles. The highest BCUT2D eigenvalue weighted by molar-refractivity contribution is 7.09. The van der Waals surface area contributed by atoms with Crippen LogP contribution in [0.4, 0.5) is 5.69 Å². The summed E-state index contributed by atoms with van der Waals surface area (Å²) in [4.78, 5) is 4.53. The standard InChI is InChI=1S/C14H16N6S/c1-9-4-5-12(20-8-15-18-19-20)6-13(9)16-10(2)14-7-21-11(3)17-14/h4-8,10,16H,1-3H3. The zero-order valence-corrected chi connectivity index (χ0v) is 12.9. The van der Waals surface area contributed by atoms with Crippen LogP contribution in [-0.4, -0.2) is 25.2 Å². The number of benzene rings is 1. The molecule has 1 atom stereocenters. The van der Waals surface area contributed by atoms with Gasteiger partial charge >= 0.3 is 0 Å². The number of nitrogens with zero attached hydrogens (tertiary/aromatic N) is 5. The van der Waals surface area contributed by atoms with Crippen molar-refractivity contribution < 1.29 is 0 Å². The molecule has 7 heteroatoms. The summed E-state index contributed by atoms with van der Waals surface area (Å²) in [6.45, 7) is 6.20. The van der Waals surface area contributed by atoms with Crippen LogP contribution >= 0.6 is 11.3 Å². The summed E-state index contributed by atoms with van der Waals surface area (Å²) < 4.78 is 1.64. The monoisotopic (exact) mass is 300 g/mol. The van der Waals surface area contributed by atoms with Crippen molar-refractivity contribution in [2.45, 2.75) is 26.8 Å². The summed E-state index contributed by atoms with van der Waals surface area (Å²) in [5.74, 6) is 0. The van der Waals surface area contributed by atoms with Crippen molar-refractivity contribution in [3.05, 3.63) is 46.2 Å². The number of aryl methyl sites for hydroxylation is 2. The van der Waals surface area contributed by atoms with Gasteiger partial charge in [-0.1, -0.05) is 6.07 Å². The van der Waals surface area contributed by atoms with E-state index in [1.54, 1.807) is 22.3 Å². The summed E-state index contributed by atoms with van der Waals surface area (Å²) in [6, 6.07) is 6.24. The molecular formula is C14H16N6S. The van der Waals surface area contributed by atoms with Crippen molar-refractivity contribution in [2.75, 3.05) is 5.32 Å². The zero-order chi connectivity index (χ0) is 14.8. The Bertz CT molecular complexity index is 734. The maximum atomic E-state index is 4.53. The summed E-state index contributed by atoms with van der Waals surface area (Å²) in [6.07, 6.45) is 1.58. The molecule has 0 spiro atoms. The largest absolute Gasteiger partial charge is 0.377 e. The lowest BCUT2D eigenvalue weighted by atomic mass is 10.1. The first-order chi connectivity index (χ1) is 10.1. The summed E-state index contributed by atoms with van der Waals surface area (Å²) in [5, 5.41) is 17.9. The van der Waals surface area contributed by atoms with Gasteiger partial charge in [-0.2, -0.15) is 0 Å². The van der Waals surface area contributed by atoms with Crippen LogP contribution in [0.5, 0.6) is 0 Å². The molecule has 1 aromatic carbocycles. The molecular weight excluding hydrogens is 284 g/mol. The highest BCUT2D eigenvalue weighted by atomic mass is 32.1. The van der Waals surface area contributed by atoms with Crippen LogP contribution in [0.2, 0.25) is 0 Å². The average Bonchev–Trinajstić information content (AvgIpc) is 3.12. The van der Waals surface area contributed by atoms with E-state index in [-0.39, 0.29) is 6.04 Å². The van der Waals surface area contributed by atoms with Crippen LogP contribution in [-0.2, 0) is 0 Å². The van der Waals surface area contributed by atoms with Gasteiger partial charge in [0.1, 0.15) is 6.33 Å². The third-order valence-corrected chi connectivity index (χ3v) is 4.08. The fraction of sp³-hybridized carbons (Fsp3) is 0.286. The molecule has 0 saturated heterocycles. The first-order valence-corrected chi connectivity index (χ1v) is 7.54. The second kappa shape index (κ2) is 5.61. The smallest absolute Gasteiger partial charge is 0.143 e. The maximum Gasteiger partial charge on any atom is 0.143 e. The second-order valence-electron chi connectivity index (χ2n) is 4.91. The highest BCUT2D eigenvalue weighted by Crippen LogP contribution is 2.25. The van der Waals surface area contributed by atoms with Gasteiger partial charge < -0.3 is 5.32 Å². The van der Waals surface area contributed by atoms with Gasteiger partial charge in [0.05, 0.1) is 22.4 Å². The van der Waals surface area contributed by atoms with E-state index in [1.807, 2.05) is 19.1 Å². The van der Waals surface area contributed by atoms with E-state index >= 15 is 0 Å². The highest BCUT2D eigenvalue weighted by Gasteiger charge is 2.11. The van der Waals surface area contributed by atoms with E-state index in [0.29, 0.717) is 0 Å². The Morgan fingerprint density at radius 1 is 1.29 bits per heavy atom. The lowest BCUT2D eigenvalue weighted by molar-refractivity contribution is 0.787. The number of anilines is 1. The fourth-order valence-corrected chi connectivity index (χ4v) is 2.78. The minimum absolute atomic E-state index is 0.151. The van der Waals surface area contributed by atoms with Gasteiger partial charge in [0.2, 0.25) is 0 Å². The molecule has 3 aromatic rings. The maximum absolute atomic E-state index is 4.53. The van der Waals surface area contributed by atoms with Crippen LogP contribution in [0.25, 0.3) is 5.69 Å². The molecule has 2 heterocycles. The zero-order valence-electron chi connectivity index (χ0n) is 12.1. The number of tetrazole rings is 1. The minimum atomic E-state index is 0.151. The van der Waals surface area contributed by atoms with Crippen LogP contribution in [0, 0.1) is 13.8 Å². The molecule has 21 heavy (non-hydrogen) atoms. The van der Waals surface area contributed by atoms with Crippen LogP contribution in [0.15, 0.2) is 29.9 Å². The molecule has 0 aliphatic heterocycles. The fourth-order valence-electron chi connectivity index (χ4n) is 2.07. The van der Waals surface area contributed by atoms with E-state index in [2.05, 4.69) is 51.1 Å². The number of rotatable bonds is 4. The van der Waals surface area contributed by atoms with Crippen LogP contribution < -0.4 is 5.32 Å². The van der Waals surface area contributed by atoms with Crippen molar-refractivity contribution in [2.24, 2.45) is 0 Å². The second-order valence-corrected chi connectivity index (χ2v) is 5.97. The number of nitrogens with one attached hydrogen (secondary N) is 1. The Hall–Kier alpha value is -2.28. The van der Waals surface area contributed by atoms with E-state index in [4.69, 9.17) is 0 Å². The first-order valence-electron chi connectivity index (χ1n) is 6.66. The molecule has 0 aliphatic rings. The predicted molar refractivity (Wildman–Crippen MR) is 82.8 cm³/mol. The number of hydrogen-bond donors (Lipinski definition) is 1. The SMILES string of the molecule is Cc1nc(C(C)Nc2cc(-n3cnnn3)ccc2C)cs1. The van der Waals surface area contributed by atoms with Gasteiger partial charge in [-0.15, -0.1) is 16.4 Å². The third-order valence-electron chi connectivity index (χ3n) is 3.29. The lowest BCUT2D eigenvalue weighted by Gasteiger charge is -2.16. The van der Waals surface area contributed by atoms with Crippen LogP contribution in [0.3, 0.4) is 0 Å². The quantitative estimate of drug-likeness (QED) is 0.802. The molecule has 1 N–H and O–H groups in total. The number of hydrogen-bond acceptors (Lipinski definition) is 6. The van der Waals surface area contributed by atoms with Gasteiger partial charge in [-0.25, -0.2) is 9.67 Å². The van der Waals surface area contributed by atoms with Crippen molar-refractivity contribution in [3.63, 3.8) is 0 Å². The van der Waals surface area contributed by atoms with Gasteiger partial charge in [-0.05, 0) is 48.9 Å². The molecule has 0 amide bonds. The Morgan fingerprint density at radius 2 is 2.14 bits per heavy atom. The molecule has 0 bridgehead atoms. The van der Waals surface area contributed by atoms with E-state index < -0.39 is 0 Å². The molecule has 3 rings (SSSR count).